The van der Waals surface area contributed by atoms with Gasteiger partial charge in [0.15, 0.2) is 11.5 Å². The predicted octanol–water partition coefficient (Wildman–Crippen LogP) is 3.03. The maximum Gasteiger partial charge on any atom is 0.277 e. The fourth-order valence-corrected chi connectivity index (χ4v) is 2.46. The van der Waals surface area contributed by atoms with Crippen LogP contribution in [-0.2, 0) is 5.75 Å². The van der Waals surface area contributed by atoms with Crippen molar-refractivity contribution in [1.82, 2.24) is 15.4 Å². The van der Waals surface area contributed by atoms with E-state index in [0.717, 1.165) is 11.3 Å². The van der Waals surface area contributed by atoms with Crippen LogP contribution in [0.25, 0.3) is 11.5 Å². The van der Waals surface area contributed by atoms with Crippen LogP contribution >= 0.6 is 11.8 Å². The second-order valence-electron chi connectivity index (χ2n) is 4.22. The highest BCUT2D eigenvalue weighted by molar-refractivity contribution is 7.98. The first-order valence-electron chi connectivity index (χ1n) is 6.38. The van der Waals surface area contributed by atoms with Gasteiger partial charge in [-0.2, -0.15) is 0 Å². The van der Waals surface area contributed by atoms with Gasteiger partial charge in [0.25, 0.3) is 5.22 Å². The van der Waals surface area contributed by atoms with Crippen LogP contribution in [0.1, 0.15) is 5.69 Å². The van der Waals surface area contributed by atoms with Crippen LogP contribution in [-0.4, -0.2) is 29.6 Å². The molecular weight excluding hydrogens is 306 g/mol. The molecule has 3 rings (SSSR count). The average Bonchev–Trinajstić information content (AvgIpc) is 3.23. The number of hydrogen-bond acceptors (Lipinski definition) is 8. The highest BCUT2D eigenvalue weighted by atomic mass is 32.2. The smallest absolute Gasteiger partial charge is 0.277 e. The predicted molar refractivity (Wildman–Crippen MR) is 78.9 cm³/mol. The number of ether oxygens (including phenoxy) is 2. The summed E-state index contributed by atoms with van der Waals surface area (Å²) in [7, 11) is 3.16. The second kappa shape index (κ2) is 6.52. The van der Waals surface area contributed by atoms with E-state index in [0.29, 0.717) is 28.4 Å². The Balaban J connectivity index is 1.75. The molecule has 0 saturated carbocycles. The minimum absolute atomic E-state index is 0.420. The summed E-state index contributed by atoms with van der Waals surface area (Å²) in [6.45, 7) is 0. The molecule has 2 heterocycles. The van der Waals surface area contributed by atoms with E-state index in [9.17, 15) is 0 Å². The fraction of sp³-hybridized carbons (Fsp3) is 0.214. The summed E-state index contributed by atoms with van der Waals surface area (Å²) in [5.41, 5.74) is 1.58. The van der Waals surface area contributed by atoms with Gasteiger partial charge in [-0.05, 0) is 18.2 Å². The Morgan fingerprint density at radius 3 is 2.68 bits per heavy atom. The summed E-state index contributed by atoms with van der Waals surface area (Å²) in [5, 5.41) is 12.3. The van der Waals surface area contributed by atoms with Gasteiger partial charge in [-0.25, -0.2) is 0 Å². The van der Waals surface area contributed by atoms with Crippen molar-refractivity contribution in [2.24, 2.45) is 0 Å². The molecule has 0 spiro atoms. The van der Waals surface area contributed by atoms with Gasteiger partial charge in [0.2, 0.25) is 5.89 Å². The Kier molecular flexibility index (Phi) is 4.29. The van der Waals surface area contributed by atoms with Crippen molar-refractivity contribution < 1.29 is 18.4 Å². The minimum Gasteiger partial charge on any atom is -0.493 e. The van der Waals surface area contributed by atoms with Gasteiger partial charge < -0.3 is 18.4 Å². The Morgan fingerprint density at radius 2 is 1.95 bits per heavy atom. The molecule has 3 aromatic rings. The van der Waals surface area contributed by atoms with E-state index in [1.165, 1.54) is 18.0 Å². The van der Waals surface area contributed by atoms with Gasteiger partial charge in [0.05, 0.1) is 19.9 Å². The monoisotopic (exact) mass is 319 g/mol. The van der Waals surface area contributed by atoms with Crippen LogP contribution in [0.2, 0.25) is 0 Å². The molecule has 0 N–H and O–H groups in total. The third-order valence-electron chi connectivity index (χ3n) is 2.87. The molecule has 2 aromatic heterocycles. The third-order valence-corrected chi connectivity index (χ3v) is 3.72. The highest BCUT2D eigenvalue weighted by Crippen LogP contribution is 2.32. The molecule has 7 nitrogen and oxygen atoms in total. The molecule has 1 aromatic carbocycles. The minimum atomic E-state index is 0.420. The van der Waals surface area contributed by atoms with Gasteiger partial charge in [-0.15, -0.1) is 10.2 Å². The van der Waals surface area contributed by atoms with Crippen molar-refractivity contribution >= 4 is 11.8 Å². The van der Waals surface area contributed by atoms with Gasteiger partial charge in [-0.3, -0.25) is 0 Å². The summed E-state index contributed by atoms with van der Waals surface area (Å²) >= 11 is 1.39. The van der Waals surface area contributed by atoms with Crippen molar-refractivity contribution in [1.29, 1.82) is 0 Å². The summed E-state index contributed by atoms with van der Waals surface area (Å²) < 4.78 is 20.9. The zero-order valence-electron chi connectivity index (χ0n) is 12.0. The second-order valence-corrected chi connectivity index (χ2v) is 5.15. The van der Waals surface area contributed by atoms with E-state index in [1.807, 2.05) is 6.07 Å². The molecule has 0 aliphatic carbocycles. The van der Waals surface area contributed by atoms with Crippen LogP contribution in [0.5, 0.6) is 11.5 Å². The van der Waals surface area contributed by atoms with Gasteiger partial charge in [0.1, 0.15) is 6.26 Å². The standard InChI is InChI=1S/C14H13N3O4S/c1-18-11-4-3-9(7-12(11)19-2)13-15-16-14(21-13)22-8-10-5-6-20-17-10/h3-7H,8H2,1-2H3. The molecule has 0 radical (unpaired) electrons. The Hall–Kier alpha value is -2.48. The molecule has 22 heavy (non-hydrogen) atoms. The lowest BCUT2D eigenvalue weighted by Crippen LogP contribution is -1.90. The molecule has 114 valence electrons. The zero-order valence-corrected chi connectivity index (χ0v) is 12.8. The molecule has 0 atom stereocenters. The number of nitrogens with zero attached hydrogens (tertiary/aromatic N) is 3. The number of hydrogen-bond donors (Lipinski definition) is 0. The number of thioether (sulfide) groups is 1. The maximum absolute atomic E-state index is 5.63. The first-order chi connectivity index (χ1) is 10.8. The van der Waals surface area contributed by atoms with Crippen molar-refractivity contribution in [2.75, 3.05) is 14.2 Å². The summed E-state index contributed by atoms with van der Waals surface area (Å²) in [5.74, 6) is 2.27. The first-order valence-corrected chi connectivity index (χ1v) is 7.36. The summed E-state index contributed by atoms with van der Waals surface area (Å²) in [4.78, 5) is 0. The summed E-state index contributed by atoms with van der Waals surface area (Å²) in [6, 6.07) is 7.21. The molecule has 0 unspecified atom stereocenters. The van der Waals surface area contributed by atoms with Crippen LogP contribution in [0.3, 0.4) is 0 Å². The van der Waals surface area contributed by atoms with Gasteiger partial charge >= 0.3 is 0 Å². The number of rotatable bonds is 6. The van der Waals surface area contributed by atoms with Crippen molar-refractivity contribution in [3.8, 4) is 23.0 Å². The molecule has 0 saturated heterocycles. The average molecular weight is 319 g/mol. The van der Waals surface area contributed by atoms with E-state index in [4.69, 9.17) is 18.4 Å². The molecule has 0 amide bonds. The lowest BCUT2D eigenvalue weighted by molar-refractivity contribution is 0.355. The normalized spacial score (nSPS) is 10.6. The fourth-order valence-electron chi connectivity index (χ4n) is 1.80. The zero-order chi connectivity index (χ0) is 15.4. The van der Waals surface area contributed by atoms with Crippen molar-refractivity contribution in [3.63, 3.8) is 0 Å². The Bertz CT molecular complexity index is 742. The highest BCUT2D eigenvalue weighted by Gasteiger charge is 2.13. The largest absolute Gasteiger partial charge is 0.493 e. The van der Waals surface area contributed by atoms with Gasteiger partial charge in [-0.1, -0.05) is 16.9 Å². The van der Waals surface area contributed by atoms with Crippen LogP contribution in [0.4, 0.5) is 0 Å². The van der Waals surface area contributed by atoms with E-state index >= 15 is 0 Å². The lowest BCUT2D eigenvalue weighted by atomic mass is 10.2. The quantitative estimate of drug-likeness (QED) is 0.641. The summed E-state index contributed by atoms with van der Waals surface area (Å²) in [6.07, 6.45) is 1.53. The third kappa shape index (κ3) is 3.06. The lowest BCUT2D eigenvalue weighted by Gasteiger charge is -2.07. The van der Waals surface area contributed by atoms with Gasteiger partial charge in [0, 0.05) is 17.4 Å². The first kappa shape index (κ1) is 14.5. The molecule has 0 bridgehead atoms. The molecule has 8 heteroatoms. The van der Waals surface area contributed by atoms with Crippen LogP contribution in [0.15, 0.2) is 44.7 Å². The number of methoxy groups -OCH3 is 2. The van der Waals surface area contributed by atoms with E-state index in [1.54, 1.807) is 32.4 Å². The van der Waals surface area contributed by atoms with E-state index in [2.05, 4.69) is 15.4 Å². The molecule has 0 fully saturated rings. The van der Waals surface area contributed by atoms with Crippen molar-refractivity contribution in [3.05, 3.63) is 36.2 Å². The maximum atomic E-state index is 5.63. The van der Waals surface area contributed by atoms with E-state index in [-0.39, 0.29) is 0 Å². The van der Waals surface area contributed by atoms with Crippen molar-refractivity contribution in [2.45, 2.75) is 11.0 Å². The number of aromatic nitrogens is 3. The van der Waals surface area contributed by atoms with E-state index < -0.39 is 0 Å². The molecule has 0 aliphatic rings. The molecular formula is C14H13N3O4S. The Morgan fingerprint density at radius 1 is 1.09 bits per heavy atom. The topological polar surface area (TPSA) is 83.4 Å². The Labute approximate surface area is 130 Å². The molecule has 0 aliphatic heterocycles. The number of benzene rings is 1. The van der Waals surface area contributed by atoms with Crippen LogP contribution < -0.4 is 9.47 Å². The SMILES string of the molecule is COc1ccc(-c2nnc(SCc3ccon3)o2)cc1OC. The van der Waals surface area contributed by atoms with Crippen LogP contribution in [0, 0.1) is 0 Å².